The molecule has 1 amide bonds. The number of amides is 1. The first-order chi connectivity index (χ1) is 8.68. The van der Waals surface area contributed by atoms with Gasteiger partial charge in [-0.3, -0.25) is 14.0 Å². The van der Waals surface area contributed by atoms with E-state index in [9.17, 15) is 9.00 Å². The van der Waals surface area contributed by atoms with Crippen molar-refractivity contribution >= 4 is 22.4 Å². The molecular formula is C11H15N3O3S. The molecule has 0 aliphatic carbocycles. The van der Waals surface area contributed by atoms with Crippen LogP contribution in [0.3, 0.4) is 0 Å². The number of rotatable bonds is 3. The molecule has 18 heavy (non-hydrogen) atoms. The molecule has 1 fully saturated rings. The number of nitrogens with zero attached hydrogens (tertiary/aromatic N) is 2. The van der Waals surface area contributed by atoms with Crippen LogP contribution in [0, 0.1) is 0 Å². The van der Waals surface area contributed by atoms with Crippen molar-refractivity contribution in [1.29, 1.82) is 0 Å². The first-order valence-corrected chi connectivity index (χ1v) is 6.94. The Labute approximate surface area is 108 Å². The normalized spacial score (nSPS) is 17.4. The summed E-state index contributed by atoms with van der Waals surface area (Å²) >= 11 is 0. The maximum absolute atomic E-state index is 12.0. The fraction of sp³-hybridized carbons (Fsp3) is 0.455. The van der Waals surface area contributed by atoms with Crippen molar-refractivity contribution in [3.63, 3.8) is 0 Å². The predicted molar refractivity (Wildman–Crippen MR) is 67.3 cm³/mol. The molecule has 2 N–H and O–H groups in total. The average Bonchev–Trinajstić information content (AvgIpc) is 2.40. The molecule has 7 heteroatoms. The lowest BCUT2D eigenvalue weighted by Gasteiger charge is -2.26. The third-order valence-corrected chi connectivity index (χ3v) is 4.05. The SMILES string of the molecule is Nc1cnccc1S(=O)CC(=O)N1CCOCC1. The zero-order valence-corrected chi connectivity index (χ0v) is 10.7. The van der Waals surface area contributed by atoms with Gasteiger partial charge in [0.15, 0.2) is 0 Å². The minimum atomic E-state index is -1.42. The maximum Gasteiger partial charge on any atom is 0.235 e. The van der Waals surface area contributed by atoms with E-state index in [0.717, 1.165) is 0 Å². The number of carbonyl (C=O) groups is 1. The van der Waals surface area contributed by atoms with Crippen LogP contribution >= 0.6 is 0 Å². The Hall–Kier alpha value is -1.47. The highest BCUT2D eigenvalue weighted by Gasteiger charge is 2.20. The molecule has 0 spiro atoms. The van der Waals surface area contributed by atoms with Crippen LogP contribution < -0.4 is 5.73 Å². The van der Waals surface area contributed by atoms with E-state index in [1.165, 1.54) is 12.4 Å². The second-order valence-corrected chi connectivity index (χ2v) is 5.32. The molecule has 2 rings (SSSR count). The van der Waals surface area contributed by atoms with Crippen molar-refractivity contribution in [2.75, 3.05) is 37.8 Å². The van der Waals surface area contributed by atoms with Gasteiger partial charge in [-0.1, -0.05) is 0 Å². The van der Waals surface area contributed by atoms with Crippen molar-refractivity contribution < 1.29 is 13.7 Å². The van der Waals surface area contributed by atoms with Crippen LogP contribution in [0.15, 0.2) is 23.4 Å². The van der Waals surface area contributed by atoms with Crippen LogP contribution in [0.4, 0.5) is 5.69 Å². The average molecular weight is 269 g/mol. The number of hydrogen-bond donors (Lipinski definition) is 1. The Kier molecular flexibility index (Phi) is 4.27. The first kappa shape index (κ1) is 13.0. The third kappa shape index (κ3) is 3.05. The summed E-state index contributed by atoms with van der Waals surface area (Å²) in [6.45, 7) is 2.19. The molecule has 1 aromatic heterocycles. The van der Waals surface area contributed by atoms with Gasteiger partial charge in [0.1, 0.15) is 5.75 Å². The summed E-state index contributed by atoms with van der Waals surface area (Å²) < 4.78 is 17.2. The van der Waals surface area contributed by atoms with Gasteiger partial charge in [0.05, 0.1) is 40.8 Å². The van der Waals surface area contributed by atoms with Gasteiger partial charge in [0.25, 0.3) is 0 Å². The Morgan fingerprint density at radius 2 is 2.22 bits per heavy atom. The highest BCUT2D eigenvalue weighted by molar-refractivity contribution is 7.86. The standard InChI is InChI=1S/C11H15N3O3S/c12-9-7-13-2-1-10(9)18(16)8-11(15)14-3-5-17-6-4-14/h1-2,7H,3-6,8,12H2. The monoisotopic (exact) mass is 269 g/mol. The fourth-order valence-electron chi connectivity index (χ4n) is 1.70. The number of hydrogen-bond acceptors (Lipinski definition) is 5. The topological polar surface area (TPSA) is 85.5 Å². The van der Waals surface area contributed by atoms with Gasteiger partial charge in [-0.25, -0.2) is 0 Å². The van der Waals surface area contributed by atoms with Crippen LogP contribution in [0.25, 0.3) is 0 Å². The number of pyridine rings is 1. The Morgan fingerprint density at radius 1 is 1.50 bits per heavy atom. The van der Waals surface area contributed by atoms with Crippen LogP contribution in [0.2, 0.25) is 0 Å². The summed E-state index contributed by atoms with van der Waals surface area (Å²) in [7, 11) is -1.42. The lowest BCUT2D eigenvalue weighted by Crippen LogP contribution is -2.42. The van der Waals surface area contributed by atoms with Crippen LogP contribution in [-0.2, 0) is 20.3 Å². The van der Waals surface area contributed by atoms with Gasteiger partial charge in [-0.15, -0.1) is 0 Å². The summed E-state index contributed by atoms with van der Waals surface area (Å²) in [6.07, 6.45) is 2.95. The molecule has 0 bridgehead atoms. The summed E-state index contributed by atoms with van der Waals surface area (Å²) in [6, 6.07) is 1.58. The predicted octanol–water partition coefficient (Wildman–Crippen LogP) is -0.370. The van der Waals surface area contributed by atoms with Gasteiger partial charge < -0.3 is 15.4 Å². The second-order valence-electron chi connectivity index (χ2n) is 3.90. The molecule has 1 aliphatic rings. The number of nitrogen functional groups attached to an aromatic ring is 1. The van der Waals surface area contributed by atoms with Crippen molar-refractivity contribution in [1.82, 2.24) is 9.88 Å². The van der Waals surface area contributed by atoms with E-state index in [0.29, 0.717) is 36.9 Å². The number of ether oxygens (including phenoxy) is 1. The molecule has 0 saturated carbocycles. The van der Waals surface area contributed by atoms with E-state index in [-0.39, 0.29) is 11.7 Å². The number of carbonyl (C=O) groups excluding carboxylic acids is 1. The number of nitrogens with two attached hydrogens (primary N) is 1. The lowest BCUT2D eigenvalue weighted by atomic mass is 10.4. The molecule has 1 unspecified atom stereocenters. The number of anilines is 1. The van der Waals surface area contributed by atoms with Gasteiger partial charge in [-0.2, -0.15) is 0 Å². The summed E-state index contributed by atoms with van der Waals surface area (Å²) in [4.78, 5) is 17.9. The molecule has 2 heterocycles. The van der Waals surface area contributed by atoms with Crippen LogP contribution in [0.1, 0.15) is 0 Å². The van der Waals surface area contributed by atoms with E-state index in [2.05, 4.69) is 4.98 Å². The van der Waals surface area contributed by atoms with Crippen molar-refractivity contribution in [2.24, 2.45) is 0 Å². The molecular weight excluding hydrogens is 254 g/mol. The van der Waals surface area contributed by atoms with Gasteiger partial charge in [0, 0.05) is 19.3 Å². The Bertz CT molecular complexity index is 461. The Morgan fingerprint density at radius 3 is 2.89 bits per heavy atom. The fourth-order valence-corrected chi connectivity index (χ4v) is 2.79. The van der Waals surface area contributed by atoms with Gasteiger partial charge in [0.2, 0.25) is 5.91 Å². The van der Waals surface area contributed by atoms with E-state index in [4.69, 9.17) is 10.5 Å². The molecule has 0 aromatic carbocycles. The summed E-state index contributed by atoms with van der Waals surface area (Å²) in [5, 5.41) is 0. The lowest BCUT2D eigenvalue weighted by molar-refractivity contribution is -0.132. The zero-order chi connectivity index (χ0) is 13.0. The molecule has 98 valence electrons. The Balaban J connectivity index is 1.99. The highest BCUT2D eigenvalue weighted by atomic mass is 32.2. The molecule has 1 aliphatic heterocycles. The molecule has 6 nitrogen and oxygen atoms in total. The van der Waals surface area contributed by atoms with E-state index in [1.54, 1.807) is 11.0 Å². The van der Waals surface area contributed by atoms with Gasteiger partial charge >= 0.3 is 0 Å². The maximum atomic E-state index is 12.0. The van der Waals surface area contributed by atoms with Crippen molar-refractivity contribution in [3.05, 3.63) is 18.5 Å². The van der Waals surface area contributed by atoms with E-state index >= 15 is 0 Å². The van der Waals surface area contributed by atoms with E-state index in [1.807, 2.05) is 0 Å². The molecule has 1 saturated heterocycles. The van der Waals surface area contributed by atoms with Gasteiger partial charge in [-0.05, 0) is 6.07 Å². The second kappa shape index (κ2) is 5.92. The molecule has 1 atom stereocenters. The quantitative estimate of drug-likeness (QED) is 0.809. The van der Waals surface area contributed by atoms with Crippen molar-refractivity contribution in [3.8, 4) is 0 Å². The summed E-state index contributed by atoms with van der Waals surface area (Å²) in [5.74, 6) is -0.179. The zero-order valence-electron chi connectivity index (χ0n) is 9.87. The molecule has 1 aromatic rings. The summed E-state index contributed by atoms with van der Waals surface area (Å²) in [5.41, 5.74) is 6.03. The van der Waals surface area contributed by atoms with E-state index < -0.39 is 10.8 Å². The molecule has 0 radical (unpaired) electrons. The minimum Gasteiger partial charge on any atom is -0.396 e. The largest absolute Gasteiger partial charge is 0.396 e. The minimum absolute atomic E-state index is 0.0474. The third-order valence-electron chi connectivity index (χ3n) is 2.67. The highest BCUT2D eigenvalue weighted by Crippen LogP contribution is 2.14. The van der Waals surface area contributed by atoms with Crippen molar-refractivity contribution in [2.45, 2.75) is 4.90 Å². The smallest absolute Gasteiger partial charge is 0.235 e. The number of aromatic nitrogens is 1. The number of morpholine rings is 1. The first-order valence-electron chi connectivity index (χ1n) is 5.62. The van der Waals surface area contributed by atoms with Crippen LogP contribution in [0.5, 0.6) is 0 Å². The van der Waals surface area contributed by atoms with Crippen LogP contribution in [-0.4, -0.2) is 52.1 Å².